The topological polar surface area (TPSA) is 44.5 Å². The fourth-order valence-corrected chi connectivity index (χ4v) is 1.13. The van der Waals surface area contributed by atoms with Gasteiger partial charge in [0, 0.05) is 7.11 Å². The van der Waals surface area contributed by atoms with Crippen LogP contribution in [0.15, 0.2) is 24.3 Å². The van der Waals surface area contributed by atoms with Crippen molar-refractivity contribution in [2.45, 2.75) is 6.04 Å². The third-order valence-corrected chi connectivity index (χ3v) is 1.89. The summed E-state index contributed by atoms with van der Waals surface area (Å²) in [5, 5.41) is 0. The summed E-state index contributed by atoms with van der Waals surface area (Å²) in [6.45, 7) is 0.534. The molecule has 0 aromatic heterocycles. The molecule has 0 bridgehead atoms. The van der Waals surface area contributed by atoms with Gasteiger partial charge in [-0.25, -0.2) is 0 Å². The van der Waals surface area contributed by atoms with Gasteiger partial charge in [-0.05, 0) is 17.7 Å². The number of benzene rings is 1. The van der Waals surface area contributed by atoms with E-state index in [1.165, 1.54) is 0 Å². The lowest BCUT2D eigenvalue weighted by Gasteiger charge is -2.10. The van der Waals surface area contributed by atoms with E-state index < -0.39 is 0 Å². The first-order valence-corrected chi connectivity index (χ1v) is 4.16. The number of nitrogens with two attached hydrogens (primary N) is 1. The van der Waals surface area contributed by atoms with E-state index in [0.29, 0.717) is 6.61 Å². The van der Waals surface area contributed by atoms with Crippen LogP contribution in [0, 0.1) is 0 Å². The molecule has 1 unspecified atom stereocenters. The quantitative estimate of drug-likeness (QED) is 0.762. The van der Waals surface area contributed by atoms with Crippen molar-refractivity contribution in [2.75, 3.05) is 20.8 Å². The van der Waals surface area contributed by atoms with E-state index in [0.717, 1.165) is 11.3 Å². The minimum absolute atomic E-state index is 0.0593. The second kappa shape index (κ2) is 4.84. The van der Waals surface area contributed by atoms with Gasteiger partial charge in [0.2, 0.25) is 0 Å². The molecule has 2 N–H and O–H groups in total. The van der Waals surface area contributed by atoms with Gasteiger partial charge in [-0.1, -0.05) is 12.1 Å². The summed E-state index contributed by atoms with van der Waals surface area (Å²) in [6.07, 6.45) is 0. The highest BCUT2D eigenvalue weighted by molar-refractivity contribution is 5.28. The maximum atomic E-state index is 5.83. The Morgan fingerprint density at radius 2 is 1.85 bits per heavy atom. The van der Waals surface area contributed by atoms with Crippen molar-refractivity contribution in [3.8, 4) is 5.75 Å². The smallest absolute Gasteiger partial charge is 0.118 e. The van der Waals surface area contributed by atoms with Crippen molar-refractivity contribution in [2.24, 2.45) is 5.73 Å². The highest BCUT2D eigenvalue weighted by atomic mass is 16.5. The van der Waals surface area contributed by atoms with E-state index in [9.17, 15) is 0 Å². The van der Waals surface area contributed by atoms with Crippen LogP contribution in [0.2, 0.25) is 0 Å². The van der Waals surface area contributed by atoms with Crippen molar-refractivity contribution in [1.82, 2.24) is 0 Å². The van der Waals surface area contributed by atoms with Gasteiger partial charge in [0.15, 0.2) is 0 Å². The highest BCUT2D eigenvalue weighted by Gasteiger charge is 2.04. The van der Waals surface area contributed by atoms with Crippen LogP contribution >= 0.6 is 0 Å². The summed E-state index contributed by atoms with van der Waals surface area (Å²) in [5.41, 5.74) is 6.89. The van der Waals surface area contributed by atoms with E-state index in [-0.39, 0.29) is 6.04 Å². The second-order valence-corrected chi connectivity index (χ2v) is 2.83. The van der Waals surface area contributed by atoms with Crippen molar-refractivity contribution >= 4 is 0 Å². The minimum atomic E-state index is -0.0593. The summed E-state index contributed by atoms with van der Waals surface area (Å²) in [4.78, 5) is 0. The van der Waals surface area contributed by atoms with E-state index >= 15 is 0 Å². The van der Waals surface area contributed by atoms with Crippen molar-refractivity contribution < 1.29 is 9.47 Å². The lowest BCUT2D eigenvalue weighted by atomic mass is 10.1. The molecule has 13 heavy (non-hydrogen) atoms. The van der Waals surface area contributed by atoms with Crippen molar-refractivity contribution in [3.05, 3.63) is 29.8 Å². The molecule has 1 aromatic rings. The van der Waals surface area contributed by atoms with Crippen LogP contribution in [0.25, 0.3) is 0 Å². The van der Waals surface area contributed by atoms with Crippen molar-refractivity contribution in [1.29, 1.82) is 0 Å². The van der Waals surface area contributed by atoms with Crippen LogP contribution < -0.4 is 10.5 Å². The lowest BCUT2D eigenvalue weighted by Crippen LogP contribution is -2.15. The zero-order chi connectivity index (χ0) is 9.68. The zero-order valence-corrected chi connectivity index (χ0v) is 7.99. The Kier molecular flexibility index (Phi) is 3.73. The molecule has 0 spiro atoms. The molecule has 0 fully saturated rings. The summed E-state index contributed by atoms with van der Waals surface area (Å²) in [6, 6.07) is 7.62. The molecule has 3 nitrogen and oxygen atoms in total. The Bertz CT molecular complexity index is 246. The Labute approximate surface area is 78.5 Å². The predicted molar refractivity (Wildman–Crippen MR) is 51.8 cm³/mol. The van der Waals surface area contributed by atoms with Crippen LogP contribution in [0.3, 0.4) is 0 Å². The fourth-order valence-electron chi connectivity index (χ4n) is 1.13. The first-order valence-electron chi connectivity index (χ1n) is 4.16. The summed E-state index contributed by atoms with van der Waals surface area (Å²) >= 11 is 0. The zero-order valence-electron chi connectivity index (χ0n) is 7.99. The molecular formula is C10H15NO2. The third kappa shape index (κ3) is 2.72. The van der Waals surface area contributed by atoms with E-state index in [4.69, 9.17) is 15.2 Å². The Hall–Kier alpha value is -1.06. The summed E-state index contributed by atoms with van der Waals surface area (Å²) in [5.74, 6) is 0.841. The Morgan fingerprint density at radius 1 is 1.23 bits per heavy atom. The molecule has 72 valence electrons. The molecule has 1 aromatic carbocycles. The van der Waals surface area contributed by atoms with Crippen LogP contribution in [-0.4, -0.2) is 20.8 Å². The van der Waals surface area contributed by atoms with Crippen LogP contribution in [-0.2, 0) is 4.74 Å². The molecule has 0 radical (unpaired) electrons. The molecule has 0 aliphatic carbocycles. The summed E-state index contributed by atoms with van der Waals surface area (Å²) in [7, 11) is 3.29. The molecule has 0 aliphatic rings. The molecule has 3 heteroatoms. The van der Waals surface area contributed by atoms with Gasteiger partial charge in [-0.15, -0.1) is 0 Å². The Balaban J connectivity index is 2.67. The monoisotopic (exact) mass is 181 g/mol. The second-order valence-electron chi connectivity index (χ2n) is 2.83. The Morgan fingerprint density at radius 3 is 2.31 bits per heavy atom. The third-order valence-electron chi connectivity index (χ3n) is 1.89. The fraction of sp³-hybridized carbons (Fsp3) is 0.400. The number of ether oxygens (including phenoxy) is 2. The van der Waals surface area contributed by atoms with Crippen LogP contribution in [0.5, 0.6) is 5.75 Å². The largest absolute Gasteiger partial charge is 0.497 e. The normalized spacial score (nSPS) is 12.5. The van der Waals surface area contributed by atoms with Crippen LogP contribution in [0.1, 0.15) is 11.6 Å². The van der Waals surface area contributed by atoms with Gasteiger partial charge in [0.1, 0.15) is 5.75 Å². The van der Waals surface area contributed by atoms with E-state index in [1.807, 2.05) is 24.3 Å². The number of hydrogen-bond acceptors (Lipinski definition) is 3. The molecule has 0 aliphatic heterocycles. The SMILES string of the molecule is COCC(N)c1ccc(OC)cc1. The van der Waals surface area contributed by atoms with Gasteiger partial charge in [0.05, 0.1) is 19.8 Å². The molecule has 0 saturated carbocycles. The molecular weight excluding hydrogens is 166 g/mol. The van der Waals surface area contributed by atoms with Gasteiger partial charge >= 0.3 is 0 Å². The molecule has 0 amide bonds. The first kappa shape index (κ1) is 10.0. The predicted octanol–water partition coefficient (Wildman–Crippen LogP) is 1.34. The van der Waals surface area contributed by atoms with Gasteiger partial charge in [0.25, 0.3) is 0 Å². The molecule has 0 heterocycles. The first-order chi connectivity index (χ1) is 6.27. The van der Waals surface area contributed by atoms with Gasteiger partial charge in [-0.2, -0.15) is 0 Å². The van der Waals surface area contributed by atoms with Gasteiger partial charge < -0.3 is 15.2 Å². The maximum Gasteiger partial charge on any atom is 0.118 e. The van der Waals surface area contributed by atoms with Crippen LogP contribution in [0.4, 0.5) is 0 Å². The summed E-state index contributed by atoms with van der Waals surface area (Å²) < 4.78 is 10.00. The van der Waals surface area contributed by atoms with E-state index in [1.54, 1.807) is 14.2 Å². The molecule has 1 rings (SSSR count). The standard InChI is InChI=1S/C10H15NO2/c1-12-7-10(11)8-3-5-9(13-2)6-4-8/h3-6,10H,7,11H2,1-2H3. The number of methoxy groups -OCH3 is 2. The average Bonchev–Trinajstić information content (AvgIpc) is 2.18. The van der Waals surface area contributed by atoms with Gasteiger partial charge in [-0.3, -0.25) is 0 Å². The van der Waals surface area contributed by atoms with E-state index in [2.05, 4.69) is 0 Å². The maximum absolute atomic E-state index is 5.83. The number of rotatable bonds is 4. The minimum Gasteiger partial charge on any atom is -0.497 e. The highest BCUT2D eigenvalue weighted by Crippen LogP contribution is 2.15. The lowest BCUT2D eigenvalue weighted by molar-refractivity contribution is 0.181. The number of hydrogen-bond donors (Lipinski definition) is 1. The average molecular weight is 181 g/mol. The molecule has 1 atom stereocenters. The molecule has 0 saturated heterocycles. The van der Waals surface area contributed by atoms with Crippen molar-refractivity contribution in [3.63, 3.8) is 0 Å².